The standard InChI is InChI=1S/C75H47BN6O/c1-4-21-49(22-5-1)73-77-74(50-23-6-2-7-24-50)79-75(78-73)59-32-19-31-55(71(59)82-62-35-14-10-30-58(62)69-65(82)46-45-57-56-29-11-17-40-68(56)83-72(57)69)52-26-18-25-51(47-52)48-41-43-54(44-42-48)81-64-37-16-13-34-61(64)76-60-33-12-15-36-63(60)80(53-27-8-3-9-28-53)66-38-20-39-67(81)70(66)76/h1-47H. The minimum Gasteiger partial charge on any atom is -0.455 e. The Morgan fingerprint density at radius 3 is 1.54 bits per heavy atom. The van der Waals surface area contributed by atoms with Gasteiger partial charge in [0.2, 0.25) is 0 Å². The lowest BCUT2D eigenvalue weighted by molar-refractivity contribution is 0.673. The maximum Gasteiger partial charge on any atom is 0.252 e. The molecule has 386 valence electrons. The molecule has 83 heavy (non-hydrogen) atoms. The van der Waals surface area contributed by atoms with E-state index in [1.54, 1.807) is 0 Å². The molecule has 17 rings (SSSR count). The molecule has 0 amide bonds. The van der Waals surface area contributed by atoms with Crippen LogP contribution in [-0.2, 0) is 0 Å². The summed E-state index contributed by atoms with van der Waals surface area (Å²) in [6, 6.07) is 102. The average Bonchev–Trinajstić information content (AvgIpc) is 4.05. The third kappa shape index (κ3) is 7.36. The van der Waals surface area contributed by atoms with Gasteiger partial charge in [-0.3, -0.25) is 0 Å². The molecule has 0 spiro atoms. The van der Waals surface area contributed by atoms with Gasteiger partial charge in [0.25, 0.3) is 6.71 Å². The number of hydrogen-bond acceptors (Lipinski definition) is 6. The summed E-state index contributed by atoms with van der Waals surface area (Å²) >= 11 is 0. The van der Waals surface area contributed by atoms with E-state index in [4.69, 9.17) is 19.4 Å². The van der Waals surface area contributed by atoms with E-state index in [1.807, 2.05) is 42.5 Å². The van der Waals surface area contributed by atoms with Crippen molar-refractivity contribution in [3.8, 4) is 62.1 Å². The van der Waals surface area contributed by atoms with Gasteiger partial charge in [-0.1, -0.05) is 200 Å². The maximum atomic E-state index is 6.83. The van der Waals surface area contributed by atoms with Crippen molar-refractivity contribution in [2.24, 2.45) is 0 Å². The van der Waals surface area contributed by atoms with Crippen LogP contribution in [0, 0.1) is 0 Å². The van der Waals surface area contributed by atoms with E-state index < -0.39 is 0 Å². The monoisotopic (exact) mass is 1060 g/mol. The first-order valence-corrected chi connectivity index (χ1v) is 28.2. The highest BCUT2D eigenvalue weighted by atomic mass is 16.3. The van der Waals surface area contributed by atoms with Crippen molar-refractivity contribution in [2.45, 2.75) is 0 Å². The van der Waals surface area contributed by atoms with E-state index in [2.05, 4.69) is 257 Å². The fraction of sp³-hybridized carbons (Fsp3) is 0. The van der Waals surface area contributed by atoms with Gasteiger partial charge < -0.3 is 18.8 Å². The maximum absolute atomic E-state index is 6.83. The Morgan fingerprint density at radius 1 is 0.325 bits per heavy atom. The summed E-state index contributed by atoms with van der Waals surface area (Å²) < 4.78 is 9.23. The predicted octanol–water partition coefficient (Wildman–Crippen LogP) is 17.3. The van der Waals surface area contributed by atoms with Gasteiger partial charge in [0.15, 0.2) is 17.5 Å². The molecule has 5 heterocycles. The summed E-state index contributed by atoms with van der Waals surface area (Å²) in [6.07, 6.45) is 0. The first-order chi connectivity index (χ1) is 41.2. The van der Waals surface area contributed by atoms with Crippen LogP contribution in [0.1, 0.15) is 0 Å². The molecule has 0 saturated heterocycles. The normalized spacial score (nSPS) is 12.5. The lowest BCUT2D eigenvalue weighted by atomic mass is 9.33. The zero-order valence-electron chi connectivity index (χ0n) is 44.8. The van der Waals surface area contributed by atoms with E-state index in [1.165, 1.54) is 39.1 Å². The van der Waals surface area contributed by atoms with Crippen molar-refractivity contribution in [3.05, 3.63) is 285 Å². The van der Waals surface area contributed by atoms with E-state index in [0.717, 1.165) is 99.8 Å². The van der Waals surface area contributed by atoms with Gasteiger partial charge in [-0.15, -0.1) is 0 Å². The first kappa shape index (κ1) is 46.8. The van der Waals surface area contributed by atoms with Crippen molar-refractivity contribution < 1.29 is 4.42 Å². The number of anilines is 6. The Morgan fingerprint density at radius 2 is 0.843 bits per heavy atom. The Kier molecular flexibility index (Phi) is 10.6. The second-order valence-electron chi connectivity index (χ2n) is 21.4. The summed E-state index contributed by atoms with van der Waals surface area (Å²) in [7, 11) is 0. The molecule has 0 saturated carbocycles. The molecule has 0 fully saturated rings. The van der Waals surface area contributed by atoms with Crippen LogP contribution in [0.2, 0.25) is 0 Å². The minimum absolute atomic E-state index is 0.0750. The average molecular weight is 1060 g/mol. The van der Waals surface area contributed by atoms with Crippen molar-refractivity contribution in [1.82, 2.24) is 19.5 Å². The second-order valence-corrected chi connectivity index (χ2v) is 21.4. The minimum atomic E-state index is 0.0750. The summed E-state index contributed by atoms with van der Waals surface area (Å²) in [5, 5.41) is 4.32. The van der Waals surface area contributed by atoms with E-state index in [0.29, 0.717) is 17.5 Å². The number of rotatable bonds is 8. The van der Waals surface area contributed by atoms with Crippen LogP contribution in [0.4, 0.5) is 34.1 Å². The summed E-state index contributed by atoms with van der Waals surface area (Å²) in [5.74, 6) is 1.77. The number of aromatic nitrogens is 4. The van der Waals surface area contributed by atoms with Gasteiger partial charge in [0, 0.05) is 72.5 Å². The lowest BCUT2D eigenvalue weighted by Crippen LogP contribution is -2.61. The number of furan rings is 1. The summed E-state index contributed by atoms with van der Waals surface area (Å²) in [6.45, 7) is 0.0750. The van der Waals surface area contributed by atoms with Crippen LogP contribution >= 0.6 is 0 Å². The molecule has 8 heteroatoms. The van der Waals surface area contributed by atoms with Gasteiger partial charge in [0.05, 0.1) is 22.1 Å². The second kappa shape index (κ2) is 18.8. The zero-order valence-corrected chi connectivity index (χ0v) is 44.8. The molecule has 0 unspecified atom stereocenters. The quantitative estimate of drug-likeness (QED) is 0.141. The third-order valence-electron chi connectivity index (χ3n) is 16.8. The Bertz CT molecular complexity index is 5000. The molecule has 0 atom stereocenters. The largest absolute Gasteiger partial charge is 0.455 e. The molecule has 12 aromatic carbocycles. The summed E-state index contributed by atoms with van der Waals surface area (Å²) in [5.41, 5.74) is 22.6. The molecule has 15 aromatic rings. The molecule has 2 aliphatic rings. The van der Waals surface area contributed by atoms with Gasteiger partial charge >= 0.3 is 0 Å². The number of para-hydroxylation sites is 6. The Hall–Kier alpha value is -11.1. The van der Waals surface area contributed by atoms with Gasteiger partial charge in [0.1, 0.15) is 11.2 Å². The highest BCUT2D eigenvalue weighted by Crippen LogP contribution is 2.47. The molecule has 0 aliphatic carbocycles. The Labute approximate surface area is 479 Å². The Balaban J connectivity index is 0.839. The van der Waals surface area contributed by atoms with Crippen LogP contribution in [0.3, 0.4) is 0 Å². The van der Waals surface area contributed by atoms with Crippen LogP contribution in [0.15, 0.2) is 290 Å². The van der Waals surface area contributed by atoms with Crippen molar-refractivity contribution in [2.75, 3.05) is 9.80 Å². The molecule has 0 N–H and O–H groups in total. The fourth-order valence-corrected chi connectivity index (χ4v) is 13.2. The van der Waals surface area contributed by atoms with E-state index >= 15 is 0 Å². The van der Waals surface area contributed by atoms with Crippen LogP contribution in [0.5, 0.6) is 0 Å². The SMILES string of the molecule is c1ccc(-c2nc(-c3ccccc3)nc(-c3cccc(-c4cccc(-c5ccc(N6c7ccccc7B7c8ccccc8N(c8ccccc8)c8cccc6c87)cc5)c4)c3-n3c4ccccc4c4c5oc6ccccc6c5ccc43)n2)cc1. The van der Waals surface area contributed by atoms with E-state index in [9.17, 15) is 0 Å². The van der Waals surface area contributed by atoms with Crippen molar-refractivity contribution in [1.29, 1.82) is 0 Å². The number of benzene rings is 12. The number of hydrogen-bond donors (Lipinski definition) is 0. The van der Waals surface area contributed by atoms with Crippen LogP contribution < -0.4 is 26.2 Å². The van der Waals surface area contributed by atoms with Gasteiger partial charge in [-0.25, -0.2) is 15.0 Å². The lowest BCUT2D eigenvalue weighted by Gasteiger charge is -2.44. The van der Waals surface area contributed by atoms with Gasteiger partial charge in [-0.2, -0.15) is 0 Å². The smallest absolute Gasteiger partial charge is 0.252 e. The number of nitrogens with zero attached hydrogens (tertiary/aromatic N) is 6. The molecular formula is C75H47BN6O. The van der Waals surface area contributed by atoms with Crippen LogP contribution in [-0.4, -0.2) is 26.2 Å². The molecule has 0 radical (unpaired) electrons. The molecule has 3 aromatic heterocycles. The van der Waals surface area contributed by atoms with Gasteiger partial charge in [-0.05, 0) is 118 Å². The fourth-order valence-electron chi connectivity index (χ4n) is 13.2. The molecular weight excluding hydrogens is 1010 g/mol. The zero-order chi connectivity index (χ0) is 54.5. The highest BCUT2D eigenvalue weighted by Gasteiger charge is 2.43. The third-order valence-corrected chi connectivity index (χ3v) is 16.8. The molecule has 0 bridgehead atoms. The molecule has 7 nitrogen and oxygen atoms in total. The van der Waals surface area contributed by atoms with Crippen molar-refractivity contribution >= 4 is 101 Å². The van der Waals surface area contributed by atoms with E-state index in [-0.39, 0.29) is 6.71 Å². The molecule has 2 aliphatic heterocycles. The van der Waals surface area contributed by atoms with Crippen molar-refractivity contribution in [3.63, 3.8) is 0 Å². The first-order valence-electron chi connectivity index (χ1n) is 28.2. The number of fused-ring (bicyclic) bond motifs is 11. The highest BCUT2D eigenvalue weighted by molar-refractivity contribution is 7.00. The van der Waals surface area contributed by atoms with Crippen LogP contribution in [0.25, 0.3) is 106 Å². The topological polar surface area (TPSA) is 63.2 Å². The predicted molar refractivity (Wildman–Crippen MR) is 343 cm³/mol. The summed E-state index contributed by atoms with van der Waals surface area (Å²) in [4.78, 5) is 20.7.